The van der Waals surface area contributed by atoms with E-state index in [1.165, 1.54) is 16.7 Å². The number of nitrogens with zero attached hydrogens (tertiary/aromatic N) is 2. The van der Waals surface area contributed by atoms with Crippen LogP contribution in [0.25, 0.3) is 33.5 Å². The molecule has 0 atom stereocenters. The molecule has 0 unspecified atom stereocenters. The van der Waals surface area contributed by atoms with Crippen LogP contribution in [0.15, 0.2) is 60.7 Å². The molecule has 178 valence electrons. The molecule has 1 heterocycles. The first-order valence-corrected chi connectivity index (χ1v) is 12.1. The first-order valence-electron chi connectivity index (χ1n) is 12.1. The molecule has 1 aromatic heterocycles. The van der Waals surface area contributed by atoms with E-state index in [0.717, 1.165) is 34.5 Å². The van der Waals surface area contributed by atoms with Gasteiger partial charge < -0.3 is 15.0 Å². The topological polar surface area (TPSA) is 84.2 Å². The Hall–Kier alpha value is -3.93. The Morgan fingerprint density at radius 3 is 2.43 bits per heavy atom. The number of carbonyl (C=O) groups is 2. The number of hydrogen-bond acceptors (Lipinski definition) is 3. The van der Waals surface area contributed by atoms with Crippen LogP contribution in [0.3, 0.4) is 0 Å². The molecule has 0 radical (unpaired) electrons. The van der Waals surface area contributed by atoms with Gasteiger partial charge in [-0.3, -0.25) is 9.59 Å². The molecular formula is C29H29N3O3. The molecule has 6 nitrogen and oxygen atoms in total. The maximum absolute atomic E-state index is 12.8. The van der Waals surface area contributed by atoms with Gasteiger partial charge >= 0.3 is 5.97 Å². The summed E-state index contributed by atoms with van der Waals surface area (Å²) in [5, 5.41) is 12.0. The molecule has 1 aliphatic carbocycles. The summed E-state index contributed by atoms with van der Waals surface area (Å²) in [6.45, 7) is 7.08. The van der Waals surface area contributed by atoms with Crippen LogP contribution in [0.1, 0.15) is 41.3 Å². The van der Waals surface area contributed by atoms with Crippen LogP contribution in [-0.4, -0.2) is 32.6 Å². The number of carboxylic acid groups (broad SMARTS) is 1. The number of fused-ring (bicyclic) bond motifs is 1. The molecule has 0 spiro atoms. The highest BCUT2D eigenvalue weighted by Crippen LogP contribution is 2.35. The molecule has 2 N–H and O–H groups in total. The molecule has 1 saturated carbocycles. The van der Waals surface area contributed by atoms with Crippen LogP contribution < -0.4 is 5.32 Å². The zero-order valence-electron chi connectivity index (χ0n) is 20.2. The van der Waals surface area contributed by atoms with Gasteiger partial charge in [-0.25, -0.2) is 4.98 Å². The number of rotatable bonds is 6. The first kappa shape index (κ1) is 22.8. The van der Waals surface area contributed by atoms with Crippen molar-refractivity contribution in [3.8, 4) is 22.5 Å². The Bertz CT molecular complexity index is 1450. The molecule has 35 heavy (non-hydrogen) atoms. The zero-order valence-corrected chi connectivity index (χ0v) is 20.2. The van der Waals surface area contributed by atoms with Crippen molar-refractivity contribution in [3.05, 3.63) is 77.4 Å². The van der Waals surface area contributed by atoms with Crippen LogP contribution in [0.4, 0.5) is 0 Å². The molecule has 1 fully saturated rings. The van der Waals surface area contributed by atoms with Gasteiger partial charge in [-0.15, -0.1) is 0 Å². The third kappa shape index (κ3) is 4.20. The summed E-state index contributed by atoms with van der Waals surface area (Å²) in [5.41, 5.74) is 8.09. The summed E-state index contributed by atoms with van der Waals surface area (Å²) in [4.78, 5) is 28.8. The van der Waals surface area contributed by atoms with Crippen molar-refractivity contribution in [2.24, 2.45) is 5.92 Å². The van der Waals surface area contributed by atoms with E-state index in [1.807, 2.05) is 24.3 Å². The molecule has 0 aliphatic heterocycles. The highest BCUT2D eigenvalue weighted by atomic mass is 16.4. The zero-order chi connectivity index (χ0) is 24.7. The maximum Gasteiger partial charge on any atom is 0.306 e. The molecule has 5 rings (SSSR count). The lowest BCUT2D eigenvalue weighted by atomic mass is 9.80. The van der Waals surface area contributed by atoms with Crippen molar-refractivity contribution < 1.29 is 14.7 Å². The summed E-state index contributed by atoms with van der Waals surface area (Å²) < 4.78 is 2.18. The number of aliphatic carboxylic acids is 1. The fourth-order valence-electron chi connectivity index (χ4n) is 5.03. The van der Waals surface area contributed by atoms with Gasteiger partial charge in [0, 0.05) is 23.7 Å². The predicted octanol–water partition coefficient (Wildman–Crippen LogP) is 5.60. The van der Waals surface area contributed by atoms with E-state index in [-0.39, 0.29) is 17.9 Å². The van der Waals surface area contributed by atoms with Crippen molar-refractivity contribution in [1.82, 2.24) is 14.9 Å². The molecule has 6 heteroatoms. The normalized spacial score (nSPS) is 17.2. The summed E-state index contributed by atoms with van der Waals surface area (Å²) in [7, 11) is 0. The van der Waals surface area contributed by atoms with E-state index in [2.05, 4.69) is 67.1 Å². The number of nitrogens with one attached hydrogen (secondary N) is 1. The summed E-state index contributed by atoms with van der Waals surface area (Å²) >= 11 is 0. The third-order valence-electron chi connectivity index (χ3n) is 6.99. The van der Waals surface area contributed by atoms with E-state index in [1.54, 1.807) is 0 Å². The lowest BCUT2D eigenvalue weighted by Crippen LogP contribution is -2.46. The van der Waals surface area contributed by atoms with Gasteiger partial charge in [0.05, 0.1) is 17.0 Å². The summed E-state index contributed by atoms with van der Waals surface area (Å²) in [5.74, 6) is -0.471. The average Bonchev–Trinajstić information content (AvgIpc) is 3.18. The van der Waals surface area contributed by atoms with Crippen molar-refractivity contribution in [3.63, 3.8) is 0 Å². The lowest BCUT2D eigenvalue weighted by Gasteiger charge is -2.32. The standard InChI is InChI=1S/C29H29N3O3/c1-4-32-26-12-10-19(28(33)30-21-14-20(15-21)29(34)35)16-25(26)31-27(32)24-8-6-5-7-23(24)22-11-9-17(2)13-18(22)3/h5-13,16,20-21H,4,14-15H2,1-3H3,(H,30,33)(H,34,35). The Labute approximate surface area is 204 Å². The lowest BCUT2D eigenvalue weighted by molar-refractivity contribution is -0.145. The van der Waals surface area contributed by atoms with Crippen molar-refractivity contribution >= 4 is 22.9 Å². The van der Waals surface area contributed by atoms with Gasteiger partial charge in [0.25, 0.3) is 5.91 Å². The second-order valence-electron chi connectivity index (χ2n) is 9.42. The second kappa shape index (κ2) is 9.02. The predicted molar refractivity (Wildman–Crippen MR) is 137 cm³/mol. The number of hydrogen-bond donors (Lipinski definition) is 2. The molecule has 1 amide bonds. The Morgan fingerprint density at radius 1 is 1.00 bits per heavy atom. The molecular weight excluding hydrogens is 438 g/mol. The Kier molecular flexibility index (Phi) is 5.89. The van der Waals surface area contributed by atoms with Gasteiger partial charge in [0.1, 0.15) is 5.82 Å². The summed E-state index contributed by atoms with van der Waals surface area (Å²) in [6, 6.07) is 20.3. The highest BCUT2D eigenvalue weighted by Gasteiger charge is 2.35. The fraction of sp³-hybridized carbons (Fsp3) is 0.276. The minimum absolute atomic E-state index is 0.0901. The molecule has 3 aromatic carbocycles. The maximum atomic E-state index is 12.8. The fourth-order valence-corrected chi connectivity index (χ4v) is 5.03. The number of amides is 1. The van der Waals surface area contributed by atoms with Crippen LogP contribution in [0.5, 0.6) is 0 Å². The van der Waals surface area contributed by atoms with Gasteiger partial charge in [0.15, 0.2) is 0 Å². The van der Waals surface area contributed by atoms with Crippen LogP contribution in [0.2, 0.25) is 0 Å². The van der Waals surface area contributed by atoms with E-state index in [9.17, 15) is 9.59 Å². The van der Waals surface area contributed by atoms with Gasteiger partial charge in [-0.1, -0.05) is 48.0 Å². The van der Waals surface area contributed by atoms with E-state index in [0.29, 0.717) is 18.4 Å². The average molecular weight is 468 g/mol. The number of carboxylic acids is 1. The molecule has 1 aliphatic rings. The van der Waals surface area contributed by atoms with Gasteiger partial charge in [0.2, 0.25) is 0 Å². The summed E-state index contributed by atoms with van der Waals surface area (Å²) in [6.07, 6.45) is 0.959. The Morgan fingerprint density at radius 2 is 1.74 bits per heavy atom. The van der Waals surface area contributed by atoms with Gasteiger partial charge in [-0.2, -0.15) is 0 Å². The van der Waals surface area contributed by atoms with Crippen molar-refractivity contribution in [2.75, 3.05) is 0 Å². The Balaban J connectivity index is 1.51. The second-order valence-corrected chi connectivity index (χ2v) is 9.42. The molecule has 4 aromatic rings. The van der Waals surface area contributed by atoms with E-state index >= 15 is 0 Å². The third-order valence-corrected chi connectivity index (χ3v) is 6.99. The minimum atomic E-state index is -0.796. The molecule has 0 bridgehead atoms. The van der Waals surface area contributed by atoms with E-state index < -0.39 is 5.97 Å². The van der Waals surface area contributed by atoms with Gasteiger partial charge in [-0.05, 0) is 68.5 Å². The van der Waals surface area contributed by atoms with Crippen LogP contribution in [-0.2, 0) is 11.3 Å². The van der Waals surface area contributed by atoms with Crippen molar-refractivity contribution in [2.45, 2.75) is 46.2 Å². The highest BCUT2D eigenvalue weighted by molar-refractivity contribution is 5.98. The van der Waals surface area contributed by atoms with Crippen molar-refractivity contribution in [1.29, 1.82) is 0 Å². The number of aryl methyl sites for hydroxylation is 3. The minimum Gasteiger partial charge on any atom is -0.481 e. The molecule has 0 saturated heterocycles. The number of carbonyl (C=O) groups excluding carboxylic acids is 1. The SMILES string of the molecule is CCn1c(-c2ccccc2-c2ccc(C)cc2C)nc2cc(C(=O)NC3CC(C(=O)O)C3)ccc21. The van der Waals surface area contributed by atoms with Crippen LogP contribution >= 0.6 is 0 Å². The number of aromatic nitrogens is 2. The first-order chi connectivity index (χ1) is 16.9. The van der Waals surface area contributed by atoms with E-state index in [4.69, 9.17) is 10.1 Å². The number of imidazole rings is 1. The number of benzene rings is 3. The smallest absolute Gasteiger partial charge is 0.306 e. The quantitative estimate of drug-likeness (QED) is 0.387. The monoisotopic (exact) mass is 467 g/mol. The van der Waals surface area contributed by atoms with Crippen LogP contribution in [0, 0.1) is 19.8 Å². The largest absolute Gasteiger partial charge is 0.481 e.